The normalized spacial score (nSPS) is 12.4. The van der Waals surface area contributed by atoms with Crippen molar-refractivity contribution in [2.45, 2.75) is 33.4 Å². The lowest BCUT2D eigenvalue weighted by atomic mass is 10.1. The third kappa shape index (κ3) is 4.31. The van der Waals surface area contributed by atoms with Crippen LogP contribution in [0.3, 0.4) is 0 Å². The molecule has 0 spiro atoms. The molecule has 0 saturated heterocycles. The van der Waals surface area contributed by atoms with E-state index in [1.54, 1.807) is 6.92 Å². The highest BCUT2D eigenvalue weighted by atomic mass is 16.3. The first kappa shape index (κ1) is 16.1. The van der Waals surface area contributed by atoms with Gasteiger partial charge in [-0.2, -0.15) is 0 Å². The molecular formula is C14H22N2O4. The lowest BCUT2D eigenvalue weighted by Crippen LogP contribution is -2.42. The molecule has 0 heterocycles. The van der Waals surface area contributed by atoms with Gasteiger partial charge in [-0.05, 0) is 18.9 Å². The third-order valence-corrected chi connectivity index (χ3v) is 2.89. The predicted molar refractivity (Wildman–Crippen MR) is 75.6 cm³/mol. The summed E-state index contributed by atoms with van der Waals surface area (Å²) >= 11 is 0. The van der Waals surface area contributed by atoms with Gasteiger partial charge in [-0.1, -0.05) is 19.9 Å². The van der Waals surface area contributed by atoms with Crippen LogP contribution < -0.4 is 10.6 Å². The highest BCUT2D eigenvalue weighted by Gasteiger charge is 2.15. The fourth-order valence-electron chi connectivity index (χ4n) is 1.57. The number of hydrogen-bond acceptors (Lipinski definition) is 5. The van der Waals surface area contributed by atoms with Crippen LogP contribution in [-0.4, -0.2) is 33.8 Å². The molecule has 5 N–H and O–H groups in total. The molecule has 1 aromatic rings. The average Bonchev–Trinajstić information content (AvgIpc) is 2.41. The topological polar surface area (TPSA) is 102 Å². The molecule has 0 aromatic heterocycles. The fourth-order valence-corrected chi connectivity index (χ4v) is 1.57. The SMILES string of the molecule is CC(C)CNC(=O)C(C)NCc1ccc(O)c(O)c1O. The molecule has 0 aliphatic carbocycles. The number of amides is 1. The van der Waals surface area contributed by atoms with Crippen molar-refractivity contribution in [3.63, 3.8) is 0 Å². The van der Waals surface area contributed by atoms with Gasteiger partial charge in [0.2, 0.25) is 11.7 Å². The molecule has 0 fully saturated rings. The van der Waals surface area contributed by atoms with Gasteiger partial charge in [0.25, 0.3) is 0 Å². The number of rotatable bonds is 6. The van der Waals surface area contributed by atoms with Crippen molar-refractivity contribution in [3.8, 4) is 17.2 Å². The van der Waals surface area contributed by atoms with E-state index in [0.717, 1.165) is 0 Å². The van der Waals surface area contributed by atoms with E-state index in [1.807, 2.05) is 13.8 Å². The Morgan fingerprint density at radius 2 is 1.80 bits per heavy atom. The molecule has 1 unspecified atom stereocenters. The highest BCUT2D eigenvalue weighted by molar-refractivity contribution is 5.81. The van der Waals surface area contributed by atoms with Crippen molar-refractivity contribution in [1.82, 2.24) is 10.6 Å². The second-order valence-electron chi connectivity index (χ2n) is 5.18. The highest BCUT2D eigenvalue weighted by Crippen LogP contribution is 2.36. The Bertz CT molecular complexity index is 474. The summed E-state index contributed by atoms with van der Waals surface area (Å²) in [6.07, 6.45) is 0. The Kier molecular flexibility index (Phi) is 5.64. The van der Waals surface area contributed by atoms with E-state index in [9.17, 15) is 20.1 Å². The molecule has 0 aliphatic heterocycles. The van der Waals surface area contributed by atoms with E-state index in [-0.39, 0.29) is 24.0 Å². The first-order valence-electron chi connectivity index (χ1n) is 6.56. The molecule has 112 valence electrons. The standard InChI is InChI=1S/C14H22N2O4/c1-8(2)6-16-14(20)9(3)15-7-10-4-5-11(17)13(19)12(10)18/h4-5,8-9,15,17-19H,6-7H2,1-3H3,(H,16,20). The largest absolute Gasteiger partial charge is 0.504 e. The van der Waals surface area contributed by atoms with Crippen molar-refractivity contribution >= 4 is 5.91 Å². The second kappa shape index (κ2) is 7.00. The summed E-state index contributed by atoms with van der Waals surface area (Å²) in [7, 11) is 0. The maximum Gasteiger partial charge on any atom is 0.236 e. The molecule has 0 radical (unpaired) electrons. The summed E-state index contributed by atoms with van der Waals surface area (Å²) < 4.78 is 0. The second-order valence-corrected chi connectivity index (χ2v) is 5.18. The number of carbonyl (C=O) groups excluding carboxylic acids is 1. The number of phenols is 3. The van der Waals surface area contributed by atoms with E-state index >= 15 is 0 Å². The molecule has 6 nitrogen and oxygen atoms in total. The lowest BCUT2D eigenvalue weighted by molar-refractivity contribution is -0.122. The van der Waals surface area contributed by atoms with Crippen LogP contribution in [0.25, 0.3) is 0 Å². The smallest absolute Gasteiger partial charge is 0.236 e. The van der Waals surface area contributed by atoms with Crippen molar-refractivity contribution in [3.05, 3.63) is 17.7 Å². The Morgan fingerprint density at radius 3 is 2.40 bits per heavy atom. The Morgan fingerprint density at radius 1 is 1.15 bits per heavy atom. The monoisotopic (exact) mass is 282 g/mol. The van der Waals surface area contributed by atoms with Crippen LogP contribution in [0, 0.1) is 5.92 Å². The first-order valence-corrected chi connectivity index (χ1v) is 6.56. The third-order valence-electron chi connectivity index (χ3n) is 2.89. The minimum absolute atomic E-state index is 0.124. The number of hydrogen-bond donors (Lipinski definition) is 5. The van der Waals surface area contributed by atoms with Gasteiger partial charge in [-0.3, -0.25) is 4.79 Å². The van der Waals surface area contributed by atoms with Gasteiger partial charge in [0.15, 0.2) is 11.5 Å². The Balaban J connectivity index is 2.55. The van der Waals surface area contributed by atoms with E-state index < -0.39 is 11.8 Å². The maximum atomic E-state index is 11.7. The molecule has 1 rings (SSSR count). The minimum Gasteiger partial charge on any atom is -0.504 e. The van der Waals surface area contributed by atoms with Crippen molar-refractivity contribution in [1.29, 1.82) is 0 Å². The van der Waals surface area contributed by atoms with Crippen molar-refractivity contribution in [2.75, 3.05) is 6.54 Å². The van der Waals surface area contributed by atoms with Crippen molar-refractivity contribution in [2.24, 2.45) is 5.92 Å². The van der Waals surface area contributed by atoms with Gasteiger partial charge in [0, 0.05) is 18.7 Å². The molecule has 1 atom stereocenters. The summed E-state index contributed by atoms with van der Waals surface area (Å²) in [6.45, 7) is 6.55. The molecule has 20 heavy (non-hydrogen) atoms. The van der Waals surface area contributed by atoms with E-state index in [4.69, 9.17) is 0 Å². The molecule has 1 amide bonds. The zero-order valence-electron chi connectivity index (χ0n) is 12.0. The van der Waals surface area contributed by atoms with Crippen LogP contribution in [0.2, 0.25) is 0 Å². The summed E-state index contributed by atoms with van der Waals surface area (Å²) in [4.78, 5) is 11.7. The van der Waals surface area contributed by atoms with Crippen LogP contribution in [-0.2, 0) is 11.3 Å². The average molecular weight is 282 g/mol. The molecular weight excluding hydrogens is 260 g/mol. The van der Waals surface area contributed by atoms with Gasteiger partial charge >= 0.3 is 0 Å². The fraction of sp³-hybridized carbons (Fsp3) is 0.500. The van der Waals surface area contributed by atoms with Gasteiger partial charge in [-0.15, -0.1) is 0 Å². The van der Waals surface area contributed by atoms with Crippen LogP contribution in [0.5, 0.6) is 17.2 Å². The number of nitrogens with one attached hydrogen (secondary N) is 2. The minimum atomic E-state index is -0.554. The van der Waals surface area contributed by atoms with Gasteiger partial charge in [0.1, 0.15) is 0 Å². The lowest BCUT2D eigenvalue weighted by Gasteiger charge is -2.16. The first-order chi connectivity index (χ1) is 9.32. The maximum absolute atomic E-state index is 11.7. The molecule has 0 bridgehead atoms. The number of benzene rings is 1. The number of aromatic hydroxyl groups is 3. The quantitative estimate of drug-likeness (QED) is 0.502. The van der Waals surface area contributed by atoms with Crippen LogP contribution in [0.1, 0.15) is 26.3 Å². The predicted octanol–water partition coefficient (Wildman–Crippen LogP) is 1.05. The van der Waals surface area contributed by atoms with E-state index in [1.165, 1.54) is 12.1 Å². The van der Waals surface area contributed by atoms with E-state index in [2.05, 4.69) is 10.6 Å². The summed E-state index contributed by atoms with van der Waals surface area (Å²) in [5, 5.41) is 34.0. The zero-order valence-corrected chi connectivity index (χ0v) is 12.0. The molecule has 0 saturated carbocycles. The number of carbonyl (C=O) groups is 1. The summed E-state index contributed by atoms with van der Waals surface area (Å²) in [6, 6.07) is 2.34. The Labute approximate surface area is 118 Å². The Hall–Kier alpha value is -1.95. The molecule has 1 aromatic carbocycles. The van der Waals surface area contributed by atoms with E-state index in [0.29, 0.717) is 18.0 Å². The van der Waals surface area contributed by atoms with Gasteiger partial charge in [0.05, 0.1) is 6.04 Å². The number of phenolic OH excluding ortho intramolecular Hbond substituents is 3. The zero-order chi connectivity index (χ0) is 15.3. The summed E-state index contributed by atoms with van der Waals surface area (Å²) in [5.74, 6) is -1.06. The molecule has 6 heteroatoms. The van der Waals surface area contributed by atoms with Crippen molar-refractivity contribution < 1.29 is 20.1 Å². The van der Waals surface area contributed by atoms with Crippen LogP contribution in [0.15, 0.2) is 12.1 Å². The van der Waals surface area contributed by atoms with Gasteiger partial charge < -0.3 is 26.0 Å². The summed E-state index contributed by atoms with van der Waals surface area (Å²) in [5.41, 5.74) is 0.406. The van der Waals surface area contributed by atoms with Crippen LogP contribution >= 0.6 is 0 Å². The van der Waals surface area contributed by atoms with Crippen LogP contribution in [0.4, 0.5) is 0 Å². The van der Waals surface area contributed by atoms with Gasteiger partial charge in [-0.25, -0.2) is 0 Å². The molecule has 0 aliphatic rings.